The number of aliphatic hydroxyl groups is 1. The van der Waals surface area contributed by atoms with Crippen molar-refractivity contribution in [3.8, 4) is 0 Å². The minimum absolute atomic E-state index is 0.0893. The van der Waals surface area contributed by atoms with Crippen LogP contribution in [0.3, 0.4) is 0 Å². The number of benzene rings is 1. The number of ether oxygens (including phenoxy) is 2. The molecule has 0 aliphatic heterocycles. The van der Waals surface area contributed by atoms with Gasteiger partial charge in [-0.25, -0.2) is 9.59 Å². The second-order valence-electron chi connectivity index (χ2n) is 4.20. The molecule has 0 aliphatic carbocycles. The highest BCUT2D eigenvalue weighted by atomic mass is 32.2. The van der Waals surface area contributed by atoms with Crippen LogP contribution in [-0.2, 0) is 31.0 Å². The normalized spacial score (nSPS) is 11.5. The highest BCUT2D eigenvalue weighted by Crippen LogP contribution is 2.00. The molecular formula is C13H19NO8S. The Morgan fingerprint density at radius 3 is 2.22 bits per heavy atom. The van der Waals surface area contributed by atoms with Gasteiger partial charge in [-0.15, -0.1) is 0 Å². The minimum Gasteiger partial charge on any atom is -0.467 e. The lowest BCUT2D eigenvalue weighted by atomic mass is 10.2. The van der Waals surface area contributed by atoms with Crippen LogP contribution in [0.25, 0.3) is 0 Å². The topological polar surface area (TPSA) is 139 Å². The van der Waals surface area contributed by atoms with E-state index in [1.165, 1.54) is 7.11 Å². The highest BCUT2D eigenvalue weighted by molar-refractivity contribution is 7.85. The van der Waals surface area contributed by atoms with Crippen molar-refractivity contribution in [1.29, 1.82) is 0 Å². The van der Waals surface area contributed by atoms with E-state index in [-0.39, 0.29) is 6.61 Å². The van der Waals surface area contributed by atoms with Gasteiger partial charge in [-0.1, -0.05) is 30.3 Å². The molecule has 0 radical (unpaired) electrons. The molecule has 0 spiro atoms. The molecule has 10 heteroatoms. The summed E-state index contributed by atoms with van der Waals surface area (Å²) >= 11 is 0. The van der Waals surface area contributed by atoms with Crippen molar-refractivity contribution in [2.45, 2.75) is 12.6 Å². The average molecular weight is 349 g/mol. The lowest BCUT2D eigenvalue weighted by molar-refractivity contribution is -0.144. The molecular weight excluding hydrogens is 330 g/mol. The van der Waals surface area contributed by atoms with Crippen molar-refractivity contribution >= 4 is 22.2 Å². The molecule has 0 heterocycles. The molecule has 0 bridgehead atoms. The predicted molar refractivity (Wildman–Crippen MR) is 80.1 cm³/mol. The SMILES string of the molecule is COC(=O)[C@H](CO)NC(=O)OCc1ccccc1.CS(=O)(=O)O. The quantitative estimate of drug-likeness (QED) is 0.497. The molecule has 130 valence electrons. The number of carbonyl (C=O) groups excluding carboxylic acids is 2. The largest absolute Gasteiger partial charge is 0.467 e. The van der Waals surface area contributed by atoms with E-state index in [0.29, 0.717) is 6.26 Å². The summed E-state index contributed by atoms with van der Waals surface area (Å²) in [4.78, 5) is 22.5. The zero-order chi connectivity index (χ0) is 17.9. The number of amides is 1. The minimum atomic E-state index is -3.67. The maximum atomic E-state index is 11.4. The molecule has 1 atom stereocenters. The molecule has 1 aromatic rings. The summed E-state index contributed by atoms with van der Waals surface area (Å²) in [5, 5.41) is 11.1. The molecule has 0 saturated carbocycles. The van der Waals surface area contributed by atoms with Gasteiger partial charge in [0.15, 0.2) is 6.04 Å². The summed E-state index contributed by atoms with van der Waals surface area (Å²) in [6, 6.07) is 7.98. The Kier molecular flexibility index (Phi) is 9.54. The number of nitrogens with one attached hydrogen (secondary N) is 1. The molecule has 1 amide bonds. The first-order valence-corrected chi connectivity index (χ1v) is 8.10. The smallest absolute Gasteiger partial charge is 0.408 e. The number of carbonyl (C=O) groups is 2. The van der Waals surface area contributed by atoms with Crippen LogP contribution < -0.4 is 5.32 Å². The van der Waals surface area contributed by atoms with E-state index in [2.05, 4.69) is 10.1 Å². The number of aliphatic hydroxyl groups excluding tert-OH is 1. The summed E-state index contributed by atoms with van der Waals surface area (Å²) in [5.41, 5.74) is 0.825. The zero-order valence-electron chi connectivity index (χ0n) is 12.6. The lowest BCUT2D eigenvalue weighted by Gasteiger charge is -2.13. The second kappa shape index (κ2) is 10.5. The van der Waals surface area contributed by atoms with Crippen LogP contribution in [0.2, 0.25) is 0 Å². The van der Waals surface area contributed by atoms with Gasteiger partial charge in [0.05, 0.1) is 20.0 Å². The molecule has 1 rings (SSSR count). The van der Waals surface area contributed by atoms with Gasteiger partial charge in [0, 0.05) is 0 Å². The van der Waals surface area contributed by atoms with Gasteiger partial charge in [0.1, 0.15) is 6.61 Å². The van der Waals surface area contributed by atoms with Gasteiger partial charge < -0.3 is 19.9 Å². The van der Waals surface area contributed by atoms with E-state index < -0.39 is 34.8 Å². The van der Waals surface area contributed by atoms with E-state index in [1.54, 1.807) is 12.1 Å². The van der Waals surface area contributed by atoms with E-state index in [4.69, 9.17) is 14.4 Å². The van der Waals surface area contributed by atoms with Crippen molar-refractivity contribution in [2.75, 3.05) is 20.0 Å². The van der Waals surface area contributed by atoms with E-state index >= 15 is 0 Å². The number of hydrogen-bond acceptors (Lipinski definition) is 7. The van der Waals surface area contributed by atoms with Gasteiger partial charge in [0.2, 0.25) is 0 Å². The van der Waals surface area contributed by atoms with Crippen LogP contribution in [-0.4, -0.2) is 56.2 Å². The first kappa shape index (κ1) is 20.8. The van der Waals surface area contributed by atoms with E-state index in [0.717, 1.165) is 5.56 Å². The van der Waals surface area contributed by atoms with Crippen molar-refractivity contribution in [1.82, 2.24) is 5.32 Å². The van der Waals surface area contributed by atoms with Crippen LogP contribution in [0.15, 0.2) is 30.3 Å². The zero-order valence-corrected chi connectivity index (χ0v) is 13.4. The third-order valence-corrected chi connectivity index (χ3v) is 2.17. The molecule has 0 aliphatic rings. The van der Waals surface area contributed by atoms with Crippen molar-refractivity contribution < 1.29 is 37.1 Å². The first-order valence-electron chi connectivity index (χ1n) is 6.25. The predicted octanol–water partition coefficient (Wildman–Crippen LogP) is -0.0493. The average Bonchev–Trinajstić information content (AvgIpc) is 2.49. The fourth-order valence-electron chi connectivity index (χ4n) is 1.23. The van der Waals surface area contributed by atoms with E-state index in [1.807, 2.05) is 18.2 Å². The molecule has 23 heavy (non-hydrogen) atoms. The van der Waals surface area contributed by atoms with Crippen LogP contribution in [0.5, 0.6) is 0 Å². The highest BCUT2D eigenvalue weighted by Gasteiger charge is 2.20. The van der Waals surface area contributed by atoms with Crippen molar-refractivity contribution in [2.24, 2.45) is 0 Å². The molecule has 0 fully saturated rings. The maximum absolute atomic E-state index is 11.4. The van der Waals surface area contributed by atoms with Crippen LogP contribution >= 0.6 is 0 Å². The molecule has 0 saturated heterocycles. The third-order valence-electron chi connectivity index (χ3n) is 2.17. The Morgan fingerprint density at radius 2 is 1.78 bits per heavy atom. The second-order valence-corrected chi connectivity index (χ2v) is 5.66. The lowest BCUT2D eigenvalue weighted by Crippen LogP contribution is -2.44. The Labute approximate surface area is 134 Å². The summed E-state index contributed by atoms with van der Waals surface area (Å²) in [7, 11) is -2.50. The van der Waals surface area contributed by atoms with Crippen molar-refractivity contribution in [3.05, 3.63) is 35.9 Å². The molecule has 1 aromatic carbocycles. The number of rotatable bonds is 5. The summed E-state index contributed by atoms with van der Waals surface area (Å²) in [5.74, 6) is -0.728. The summed E-state index contributed by atoms with van der Waals surface area (Å²) in [6.45, 7) is -0.459. The Morgan fingerprint density at radius 1 is 1.26 bits per heavy atom. The van der Waals surface area contributed by atoms with Crippen LogP contribution in [0.1, 0.15) is 5.56 Å². The monoisotopic (exact) mass is 349 g/mol. The summed E-state index contributed by atoms with van der Waals surface area (Å²) in [6.07, 6.45) is -0.0733. The fraction of sp³-hybridized carbons (Fsp3) is 0.385. The Bertz CT molecular complexity index is 579. The van der Waals surface area contributed by atoms with Crippen LogP contribution in [0.4, 0.5) is 4.79 Å². The standard InChI is InChI=1S/C12H15NO5.CH4O3S/c1-17-11(15)10(7-14)13-12(16)18-8-9-5-3-2-4-6-9;1-5(2,3)4/h2-6,10,14H,7-8H2,1H3,(H,13,16);1H3,(H,2,3,4)/t10-;/m0./s1. The van der Waals surface area contributed by atoms with Gasteiger partial charge in [0.25, 0.3) is 10.1 Å². The maximum Gasteiger partial charge on any atom is 0.408 e. The number of methoxy groups -OCH3 is 1. The van der Waals surface area contributed by atoms with Crippen molar-refractivity contribution in [3.63, 3.8) is 0 Å². The van der Waals surface area contributed by atoms with Gasteiger partial charge in [-0.3, -0.25) is 4.55 Å². The first-order chi connectivity index (χ1) is 10.7. The summed E-state index contributed by atoms with van der Waals surface area (Å²) < 4.78 is 35.2. The molecule has 9 nitrogen and oxygen atoms in total. The van der Waals surface area contributed by atoms with Gasteiger partial charge in [-0.2, -0.15) is 8.42 Å². The Hall–Kier alpha value is -2.17. The fourth-order valence-corrected chi connectivity index (χ4v) is 1.23. The van der Waals surface area contributed by atoms with E-state index in [9.17, 15) is 18.0 Å². The van der Waals surface area contributed by atoms with Gasteiger partial charge in [-0.05, 0) is 5.56 Å². The Balaban J connectivity index is 0.000000841. The van der Waals surface area contributed by atoms with Crippen LogP contribution in [0, 0.1) is 0 Å². The third kappa shape index (κ3) is 12.1. The van der Waals surface area contributed by atoms with Gasteiger partial charge >= 0.3 is 12.1 Å². The molecule has 3 N–H and O–H groups in total. The number of hydrogen-bond donors (Lipinski definition) is 3. The molecule has 0 unspecified atom stereocenters. The number of esters is 1. The number of alkyl carbamates (subject to hydrolysis) is 1. The molecule has 0 aromatic heterocycles.